The van der Waals surface area contributed by atoms with Crippen LogP contribution >= 0.6 is 0 Å². The van der Waals surface area contributed by atoms with E-state index in [-0.39, 0.29) is 12.5 Å². The van der Waals surface area contributed by atoms with Gasteiger partial charge >= 0.3 is 6.09 Å². The topological polar surface area (TPSA) is 67.4 Å². The standard InChI is InChI=1S/C11H18N2O3/c1-6-7-12-9(14)8(2)13-10(15)16-11(3,4)5/h1,8H,7H2,2-5H3,(H,12,14)(H,13,15)/t8-/m0/s1. The molecule has 0 saturated heterocycles. The molecule has 2 amide bonds. The average Bonchev–Trinajstić information content (AvgIpc) is 2.10. The van der Waals surface area contributed by atoms with Gasteiger partial charge in [0.25, 0.3) is 0 Å². The third-order valence-corrected chi connectivity index (χ3v) is 1.49. The highest BCUT2D eigenvalue weighted by Crippen LogP contribution is 2.06. The molecule has 1 atom stereocenters. The van der Waals surface area contributed by atoms with Crippen molar-refractivity contribution in [1.82, 2.24) is 10.6 Å². The van der Waals surface area contributed by atoms with E-state index in [4.69, 9.17) is 11.2 Å². The molecule has 0 bridgehead atoms. The van der Waals surface area contributed by atoms with Crippen LogP contribution in [0.3, 0.4) is 0 Å². The van der Waals surface area contributed by atoms with Crippen molar-refractivity contribution in [3.8, 4) is 12.3 Å². The molecule has 2 N–H and O–H groups in total. The van der Waals surface area contributed by atoms with E-state index in [1.54, 1.807) is 27.7 Å². The van der Waals surface area contributed by atoms with Crippen LogP contribution in [0.25, 0.3) is 0 Å². The molecule has 0 spiro atoms. The highest BCUT2D eigenvalue weighted by molar-refractivity contribution is 5.85. The molecule has 0 unspecified atom stereocenters. The van der Waals surface area contributed by atoms with E-state index in [1.807, 2.05) is 0 Å². The van der Waals surface area contributed by atoms with E-state index in [1.165, 1.54) is 0 Å². The molecule has 0 heterocycles. The van der Waals surface area contributed by atoms with Crippen LogP contribution in [0.15, 0.2) is 0 Å². The van der Waals surface area contributed by atoms with Gasteiger partial charge in [-0.05, 0) is 27.7 Å². The zero-order valence-corrected chi connectivity index (χ0v) is 10.1. The quantitative estimate of drug-likeness (QED) is 0.694. The summed E-state index contributed by atoms with van der Waals surface area (Å²) in [7, 11) is 0. The van der Waals surface area contributed by atoms with Crippen LogP contribution in [0, 0.1) is 12.3 Å². The van der Waals surface area contributed by atoms with Gasteiger partial charge < -0.3 is 15.4 Å². The number of terminal acetylenes is 1. The summed E-state index contributed by atoms with van der Waals surface area (Å²) in [5, 5.41) is 4.86. The van der Waals surface area contributed by atoms with Crippen molar-refractivity contribution >= 4 is 12.0 Å². The smallest absolute Gasteiger partial charge is 0.408 e. The van der Waals surface area contributed by atoms with Gasteiger partial charge in [0.15, 0.2) is 0 Å². The highest BCUT2D eigenvalue weighted by Gasteiger charge is 2.20. The Kier molecular flexibility index (Phi) is 5.37. The fourth-order valence-corrected chi connectivity index (χ4v) is 0.841. The van der Waals surface area contributed by atoms with Gasteiger partial charge in [0.2, 0.25) is 5.91 Å². The molecule has 0 rings (SSSR count). The molecular formula is C11H18N2O3. The van der Waals surface area contributed by atoms with Crippen LogP contribution in [-0.2, 0) is 9.53 Å². The number of hydrogen-bond donors (Lipinski definition) is 2. The number of carbonyl (C=O) groups is 2. The Morgan fingerprint density at radius 2 is 2.00 bits per heavy atom. The van der Waals surface area contributed by atoms with Gasteiger partial charge in [0, 0.05) is 0 Å². The third kappa shape index (κ3) is 6.71. The number of rotatable bonds is 3. The lowest BCUT2D eigenvalue weighted by Crippen LogP contribution is -2.46. The molecule has 0 saturated carbocycles. The summed E-state index contributed by atoms with van der Waals surface area (Å²) in [6.45, 7) is 6.93. The summed E-state index contributed by atoms with van der Waals surface area (Å²) in [6.07, 6.45) is 4.36. The lowest BCUT2D eigenvalue weighted by atomic mass is 10.2. The zero-order chi connectivity index (χ0) is 12.8. The van der Waals surface area contributed by atoms with Crippen molar-refractivity contribution in [2.45, 2.75) is 39.3 Å². The molecule has 0 aromatic carbocycles. The molecule has 90 valence electrons. The van der Waals surface area contributed by atoms with Crippen LogP contribution < -0.4 is 10.6 Å². The second-order valence-electron chi connectivity index (χ2n) is 4.29. The SMILES string of the molecule is C#CCNC(=O)[C@H](C)NC(=O)OC(C)(C)C. The number of ether oxygens (including phenoxy) is 1. The summed E-state index contributed by atoms with van der Waals surface area (Å²) in [6, 6.07) is -0.678. The molecule has 0 aliphatic rings. The van der Waals surface area contributed by atoms with E-state index in [2.05, 4.69) is 16.6 Å². The molecule has 16 heavy (non-hydrogen) atoms. The Balaban J connectivity index is 4.05. The van der Waals surface area contributed by atoms with Crippen LogP contribution in [0.2, 0.25) is 0 Å². The Hall–Kier alpha value is -1.70. The second kappa shape index (κ2) is 6.01. The molecular weight excluding hydrogens is 208 g/mol. The van der Waals surface area contributed by atoms with Gasteiger partial charge in [-0.1, -0.05) is 5.92 Å². The lowest BCUT2D eigenvalue weighted by molar-refractivity contribution is -0.122. The summed E-state index contributed by atoms with van der Waals surface area (Å²) < 4.78 is 4.99. The molecule has 5 heteroatoms. The van der Waals surface area contributed by atoms with Gasteiger partial charge in [0.1, 0.15) is 11.6 Å². The van der Waals surface area contributed by atoms with Crippen molar-refractivity contribution in [2.75, 3.05) is 6.54 Å². The molecule has 0 aromatic heterocycles. The Labute approximate surface area is 95.9 Å². The normalized spacial score (nSPS) is 12.2. The van der Waals surface area contributed by atoms with Gasteiger partial charge in [-0.25, -0.2) is 4.79 Å². The first-order valence-electron chi connectivity index (χ1n) is 4.97. The van der Waals surface area contributed by atoms with Crippen molar-refractivity contribution in [1.29, 1.82) is 0 Å². The van der Waals surface area contributed by atoms with E-state index < -0.39 is 17.7 Å². The molecule has 0 fully saturated rings. The van der Waals surface area contributed by atoms with Gasteiger partial charge in [-0.3, -0.25) is 4.79 Å². The summed E-state index contributed by atoms with van der Waals surface area (Å²) in [5.41, 5.74) is -0.584. The van der Waals surface area contributed by atoms with E-state index >= 15 is 0 Å². The Morgan fingerprint density at radius 3 is 2.44 bits per heavy atom. The van der Waals surface area contributed by atoms with Crippen LogP contribution in [-0.4, -0.2) is 30.2 Å². The minimum absolute atomic E-state index is 0.138. The van der Waals surface area contributed by atoms with Crippen molar-refractivity contribution in [3.05, 3.63) is 0 Å². The maximum absolute atomic E-state index is 11.3. The summed E-state index contributed by atoms with van der Waals surface area (Å²) in [5.74, 6) is 1.93. The highest BCUT2D eigenvalue weighted by atomic mass is 16.6. The molecule has 0 radical (unpaired) electrons. The average molecular weight is 226 g/mol. The Bertz CT molecular complexity index is 299. The van der Waals surface area contributed by atoms with Crippen molar-refractivity contribution in [3.63, 3.8) is 0 Å². The molecule has 0 aliphatic carbocycles. The van der Waals surface area contributed by atoms with Crippen molar-refractivity contribution in [2.24, 2.45) is 0 Å². The van der Waals surface area contributed by atoms with Crippen LogP contribution in [0.5, 0.6) is 0 Å². The predicted molar refractivity (Wildman–Crippen MR) is 60.7 cm³/mol. The number of alkyl carbamates (subject to hydrolysis) is 1. The summed E-state index contributed by atoms with van der Waals surface area (Å²) in [4.78, 5) is 22.6. The second-order valence-corrected chi connectivity index (χ2v) is 4.29. The van der Waals surface area contributed by atoms with Crippen molar-refractivity contribution < 1.29 is 14.3 Å². The van der Waals surface area contributed by atoms with Gasteiger partial charge in [-0.2, -0.15) is 0 Å². The monoisotopic (exact) mass is 226 g/mol. The maximum atomic E-state index is 11.3. The first kappa shape index (κ1) is 14.3. The van der Waals surface area contributed by atoms with Crippen LogP contribution in [0.4, 0.5) is 4.79 Å². The first-order chi connectivity index (χ1) is 7.26. The van der Waals surface area contributed by atoms with E-state index in [0.29, 0.717) is 0 Å². The number of nitrogens with one attached hydrogen (secondary N) is 2. The zero-order valence-electron chi connectivity index (χ0n) is 10.1. The maximum Gasteiger partial charge on any atom is 0.408 e. The minimum atomic E-state index is -0.678. The van der Waals surface area contributed by atoms with Gasteiger partial charge in [-0.15, -0.1) is 6.42 Å². The number of carbonyl (C=O) groups excluding carboxylic acids is 2. The van der Waals surface area contributed by atoms with E-state index in [9.17, 15) is 9.59 Å². The largest absolute Gasteiger partial charge is 0.444 e. The number of amides is 2. The molecule has 0 aliphatic heterocycles. The molecule has 0 aromatic rings. The van der Waals surface area contributed by atoms with E-state index in [0.717, 1.165) is 0 Å². The third-order valence-electron chi connectivity index (χ3n) is 1.49. The first-order valence-corrected chi connectivity index (χ1v) is 4.97. The fraction of sp³-hybridized carbons (Fsp3) is 0.636. The fourth-order valence-electron chi connectivity index (χ4n) is 0.841. The molecule has 5 nitrogen and oxygen atoms in total. The summed E-state index contributed by atoms with van der Waals surface area (Å²) >= 11 is 0. The Morgan fingerprint density at radius 1 is 1.44 bits per heavy atom. The number of hydrogen-bond acceptors (Lipinski definition) is 3. The predicted octanol–water partition coefficient (Wildman–Crippen LogP) is 0.649. The lowest BCUT2D eigenvalue weighted by Gasteiger charge is -2.21. The van der Waals surface area contributed by atoms with Gasteiger partial charge in [0.05, 0.1) is 6.54 Å². The minimum Gasteiger partial charge on any atom is -0.444 e. The van der Waals surface area contributed by atoms with Crippen LogP contribution in [0.1, 0.15) is 27.7 Å².